The predicted molar refractivity (Wildman–Crippen MR) is 148 cm³/mol. The molecule has 0 saturated carbocycles. The molecule has 20 atom stereocenters. The third-order valence-electron chi connectivity index (χ3n) is 8.82. The number of amides is 1. The summed E-state index contributed by atoms with van der Waals surface area (Å²) in [6.45, 7) is 2.13. The summed E-state index contributed by atoms with van der Waals surface area (Å²) < 4.78 is 40.1. The second-order valence-electron chi connectivity index (χ2n) is 12.1. The SMILES string of the molecule is C[C@H]1O[C@@](C)(OC2[C@@H](NC(=O)Cl)C(O)O[C@H](CO)[C@H]2O[C@@H]2O[C@H](CO)[C@H](O)[C@H](O)[C@H]2O[C@@H]2O[C@H](C)[C@@H](O)[C@@H](O)[C@@H]2O)C(O)[C@H](O)[C@@H]1O. The smallest absolute Gasteiger partial charge is 0.314 e. The number of halogens is 1. The van der Waals surface area contributed by atoms with Crippen LogP contribution in [-0.2, 0) is 33.2 Å². The first-order valence-corrected chi connectivity index (χ1v) is 15.3. The maximum absolute atomic E-state index is 12.0. The molecule has 20 nitrogen and oxygen atoms in total. The van der Waals surface area contributed by atoms with Crippen molar-refractivity contribution in [2.75, 3.05) is 13.2 Å². The first-order chi connectivity index (χ1) is 21.9. The predicted octanol–water partition coefficient (Wildman–Crippen LogP) is -6.35. The Morgan fingerprint density at radius 3 is 1.89 bits per heavy atom. The van der Waals surface area contributed by atoms with Gasteiger partial charge in [-0.2, -0.15) is 0 Å². The molecule has 3 unspecified atom stereocenters. The van der Waals surface area contributed by atoms with Crippen LogP contribution in [0.5, 0.6) is 0 Å². The molecular formula is C26H44ClNO19. The Hall–Kier alpha value is -0.960. The highest BCUT2D eigenvalue weighted by Crippen LogP contribution is 2.38. The van der Waals surface area contributed by atoms with E-state index in [0.717, 1.165) is 0 Å². The van der Waals surface area contributed by atoms with Crippen LogP contribution in [0.2, 0.25) is 0 Å². The molecule has 0 radical (unpaired) electrons. The molecule has 1 amide bonds. The third-order valence-corrected chi connectivity index (χ3v) is 8.93. The Morgan fingerprint density at radius 1 is 0.702 bits per heavy atom. The molecule has 274 valence electrons. The molecule has 0 aromatic carbocycles. The fourth-order valence-electron chi connectivity index (χ4n) is 6.05. The van der Waals surface area contributed by atoms with Gasteiger partial charge in [-0.15, -0.1) is 0 Å². The summed E-state index contributed by atoms with van der Waals surface area (Å²) in [5.41, 5.74) is 0. The largest absolute Gasteiger partial charge is 0.394 e. The van der Waals surface area contributed by atoms with Crippen LogP contribution >= 0.6 is 11.6 Å². The van der Waals surface area contributed by atoms with E-state index in [0.29, 0.717) is 0 Å². The molecule has 4 aliphatic rings. The number of aliphatic hydroxyl groups excluding tert-OH is 11. The monoisotopic (exact) mass is 709 g/mol. The first-order valence-electron chi connectivity index (χ1n) is 14.9. The number of carbonyl (C=O) groups excluding carboxylic acids is 1. The van der Waals surface area contributed by atoms with Crippen molar-refractivity contribution in [2.24, 2.45) is 0 Å². The summed E-state index contributed by atoms with van der Waals surface area (Å²) >= 11 is 5.55. The van der Waals surface area contributed by atoms with E-state index >= 15 is 0 Å². The van der Waals surface area contributed by atoms with Crippen LogP contribution < -0.4 is 5.32 Å². The van der Waals surface area contributed by atoms with Gasteiger partial charge in [0, 0.05) is 0 Å². The maximum Gasteiger partial charge on any atom is 0.314 e. The number of ether oxygens (including phenoxy) is 7. The Kier molecular flexibility index (Phi) is 12.8. The zero-order valence-electron chi connectivity index (χ0n) is 25.4. The zero-order chi connectivity index (χ0) is 35.1. The first kappa shape index (κ1) is 38.8. The second kappa shape index (κ2) is 15.5. The minimum absolute atomic E-state index is 0.861. The number of aliphatic hydroxyl groups is 11. The van der Waals surface area contributed by atoms with Gasteiger partial charge in [-0.25, -0.2) is 0 Å². The van der Waals surface area contributed by atoms with E-state index in [1.807, 2.05) is 0 Å². The van der Waals surface area contributed by atoms with Gasteiger partial charge in [0.1, 0.15) is 85.4 Å². The molecule has 12 N–H and O–H groups in total. The Labute approximate surface area is 272 Å². The van der Waals surface area contributed by atoms with Crippen molar-refractivity contribution in [1.82, 2.24) is 5.32 Å². The number of hydrogen-bond donors (Lipinski definition) is 12. The second-order valence-corrected chi connectivity index (χ2v) is 12.5. The molecule has 0 aromatic heterocycles. The number of hydrogen-bond acceptors (Lipinski definition) is 19. The average molecular weight is 710 g/mol. The number of nitrogens with one attached hydrogen (secondary N) is 1. The third kappa shape index (κ3) is 7.86. The molecule has 0 bridgehead atoms. The van der Waals surface area contributed by atoms with Gasteiger partial charge in [-0.05, 0) is 32.4 Å². The topological polar surface area (TPSA) is 316 Å². The van der Waals surface area contributed by atoms with Crippen LogP contribution in [-0.4, -0.2) is 197 Å². The standard InChI is InChI=1S/C26H44ClNO19/c1-6-11(31)14(34)17(37)23(41-6)45-20-15(35)13(33)8(4-29)43-24(20)44-18-9(5-30)42-22(39)10(28-25(27)40)19(18)47-26(3)21(38)16(36)12(32)7(2)46-26/h6-24,29-39H,4-5H2,1-3H3,(H,28,40)/t6-,7-,8-,9-,10-,11-,12-,13+,14-,15+,16-,17+,18-,19?,20-,21?,22?,23+,24+,26+/m1/s1. The van der Waals surface area contributed by atoms with Gasteiger partial charge in [0.05, 0.1) is 25.4 Å². The van der Waals surface area contributed by atoms with Crippen molar-refractivity contribution in [3.63, 3.8) is 0 Å². The Morgan fingerprint density at radius 2 is 1.30 bits per heavy atom. The van der Waals surface area contributed by atoms with Gasteiger partial charge < -0.3 is 94.6 Å². The fraction of sp³-hybridized carbons (Fsp3) is 0.962. The molecule has 4 heterocycles. The summed E-state index contributed by atoms with van der Waals surface area (Å²) in [6, 6.07) is -1.66. The molecule has 0 aliphatic carbocycles. The van der Waals surface area contributed by atoms with Gasteiger partial charge in [0.2, 0.25) is 0 Å². The molecule has 4 rings (SSSR count). The van der Waals surface area contributed by atoms with E-state index in [9.17, 15) is 61.0 Å². The van der Waals surface area contributed by atoms with Gasteiger partial charge in [0.15, 0.2) is 24.7 Å². The molecule has 21 heteroatoms. The summed E-state index contributed by atoms with van der Waals surface area (Å²) in [5.74, 6) is -2.20. The average Bonchev–Trinajstić information content (AvgIpc) is 3.02. The maximum atomic E-state index is 12.0. The minimum Gasteiger partial charge on any atom is -0.394 e. The molecule has 4 aliphatic heterocycles. The van der Waals surface area contributed by atoms with Gasteiger partial charge in [-0.1, -0.05) is 0 Å². The summed E-state index contributed by atoms with van der Waals surface area (Å²) in [7, 11) is 0. The van der Waals surface area contributed by atoms with Crippen LogP contribution in [0.4, 0.5) is 4.79 Å². The minimum atomic E-state index is -2.20. The van der Waals surface area contributed by atoms with Crippen molar-refractivity contribution in [3.05, 3.63) is 0 Å². The quantitative estimate of drug-likeness (QED) is 0.0782. The van der Waals surface area contributed by atoms with Gasteiger partial charge >= 0.3 is 5.37 Å². The lowest BCUT2D eigenvalue weighted by Crippen LogP contribution is -2.71. The number of rotatable bonds is 9. The Balaban J connectivity index is 1.71. The van der Waals surface area contributed by atoms with E-state index in [2.05, 4.69) is 5.32 Å². The number of carbonyl (C=O) groups is 1. The van der Waals surface area contributed by atoms with Crippen LogP contribution in [0.25, 0.3) is 0 Å². The van der Waals surface area contributed by atoms with Crippen molar-refractivity contribution in [3.8, 4) is 0 Å². The molecule has 47 heavy (non-hydrogen) atoms. The molecule has 4 saturated heterocycles. The normalized spacial score (nSPS) is 52.6. The van der Waals surface area contributed by atoms with Crippen molar-refractivity contribution >= 4 is 17.0 Å². The summed E-state index contributed by atoms with van der Waals surface area (Å²) in [4.78, 5) is 12.0. The van der Waals surface area contributed by atoms with Crippen LogP contribution in [0.3, 0.4) is 0 Å². The van der Waals surface area contributed by atoms with Crippen LogP contribution in [0.15, 0.2) is 0 Å². The lowest BCUT2D eigenvalue weighted by atomic mass is 9.91. The van der Waals surface area contributed by atoms with E-state index in [1.165, 1.54) is 20.8 Å². The lowest BCUT2D eigenvalue weighted by molar-refractivity contribution is -0.406. The van der Waals surface area contributed by atoms with Crippen molar-refractivity contribution < 1.29 is 94.1 Å². The van der Waals surface area contributed by atoms with E-state index in [-0.39, 0.29) is 0 Å². The van der Waals surface area contributed by atoms with E-state index in [1.54, 1.807) is 0 Å². The summed E-state index contributed by atoms with van der Waals surface area (Å²) in [5, 5.41) is 116. The highest BCUT2D eigenvalue weighted by molar-refractivity contribution is 6.63. The highest BCUT2D eigenvalue weighted by atomic mass is 35.5. The highest BCUT2D eigenvalue weighted by Gasteiger charge is 2.58. The molecule has 0 aromatic rings. The Bertz CT molecular complexity index is 1050. The van der Waals surface area contributed by atoms with E-state index < -0.39 is 141 Å². The van der Waals surface area contributed by atoms with Gasteiger partial charge in [-0.3, -0.25) is 4.79 Å². The molecule has 4 fully saturated rings. The molecular weight excluding hydrogens is 666 g/mol. The fourth-order valence-corrected chi connectivity index (χ4v) is 6.18. The van der Waals surface area contributed by atoms with Crippen molar-refractivity contribution in [2.45, 2.75) is 143 Å². The van der Waals surface area contributed by atoms with Gasteiger partial charge in [0.25, 0.3) is 0 Å². The van der Waals surface area contributed by atoms with E-state index in [4.69, 9.17) is 44.8 Å². The van der Waals surface area contributed by atoms with Crippen molar-refractivity contribution in [1.29, 1.82) is 0 Å². The zero-order valence-corrected chi connectivity index (χ0v) is 26.2. The molecule has 0 spiro atoms. The van der Waals surface area contributed by atoms with Crippen LogP contribution in [0, 0.1) is 0 Å². The van der Waals surface area contributed by atoms with Crippen LogP contribution in [0.1, 0.15) is 20.8 Å². The summed E-state index contributed by atoms with van der Waals surface area (Å²) in [6.07, 6.45) is -30.3. The lowest BCUT2D eigenvalue weighted by Gasteiger charge is -2.52.